The van der Waals surface area contributed by atoms with Crippen molar-refractivity contribution in [3.8, 4) is 22.4 Å². The number of nitrogens with zero attached hydrogens (tertiary/aromatic N) is 4. The third-order valence-corrected chi connectivity index (χ3v) is 8.97. The summed E-state index contributed by atoms with van der Waals surface area (Å²) in [4.78, 5) is 21.1. The van der Waals surface area contributed by atoms with Crippen molar-refractivity contribution in [2.24, 2.45) is 7.05 Å². The van der Waals surface area contributed by atoms with Gasteiger partial charge >= 0.3 is 0 Å². The number of nitrogens with one attached hydrogen (secondary N) is 2. The molecule has 0 atom stereocenters. The summed E-state index contributed by atoms with van der Waals surface area (Å²) in [5.41, 5.74) is 6.05. The van der Waals surface area contributed by atoms with Gasteiger partial charge in [0.2, 0.25) is 15.9 Å². The second-order valence-electron chi connectivity index (χ2n) is 9.26. The van der Waals surface area contributed by atoms with Crippen LogP contribution in [0.25, 0.3) is 33.4 Å². The van der Waals surface area contributed by atoms with E-state index < -0.39 is 10.0 Å². The fourth-order valence-electron chi connectivity index (χ4n) is 5.27. The van der Waals surface area contributed by atoms with Gasteiger partial charge in [0.25, 0.3) is 0 Å². The molecule has 4 heterocycles. The van der Waals surface area contributed by atoms with Gasteiger partial charge in [-0.15, -0.1) is 0 Å². The normalized spacial score (nSPS) is 15.2. The topological polar surface area (TPSA) is 109 Å². The third-order valence-electron chi connectivity index (χ3n) is 7.07. The van der Waals surface area contributed by atoms with Crippen LogP contribution in [0, 0.1) is 0 Å². The van der Waals surface area contributed by atoms with Gasteiger partial charge in [-0.25, -0.2) is 18.4 Å². The predicted octanol–water partition coefficient (Wildman–Crippen LogP) is 4.14. The first-order valence-electron chi connectivity index (χ1n) is 12.1. The lowest BCUT2D eigenvalue weighted by atomic mass is 9.95. The fourth-order valence-corrected chi connectivity index (χ4v) is 6.84. The van der Waals surface area contributed by atoms with E-state index in [4.69, 9.17) is 0 Å². The molecule has 0 saturated carbocycles. The molecule has 188 valence electrons. The number of sulfonamides is 1. The molecular formula is C27H26N6O3S. The Bertz CT molecular complexity index is 1670. The molecule has 2 aromatic heterocycles. The lowest BCUT2D eigenvalue weighted by molar-refractivity contribution is -0.111. The van der Waals surface area contributed by atoms with Crippen molar-refractivity contribution in [1.82, 2.24) is 18.8 Å². The van der Waals surface area contributed by atoms with Crippen molar-refractivity contribution in [3.63, 3.8) is 0 Å². The first-order chi connectivity index (χ1) is 17.9. The van der Waals surface area contributed by atoms with Crippen LogP contribution in [0.1, 0.15) is 18.4 Å². The largest absolute Gasteiger partial charge is 0.365 e. The summed E-state index contributed by atoms with van der Waals surface area (Å²) in [6.45, 7) is 5.06. The van der Waals surface area contributed by atoms with Gasteiger partial charge in [0.1, 0.15) is 17.8 Å². The first kappa shape index (κ1) is 23.4. The molecule has 0 bridgehead atoms. The number of hydrogen-bond acceptors (Lipinski definition) is 6. The van der Waals surface area contributed by atoms with E-state index in [2.05, 4.69) is 27.2 Å². The Morgan fingerprint density at radius 3 is 2.59 bits per heavy atom. The zero-order chi connectivity index (χ0) is 25.7. The zero-order valence-electron chi connectivity index (χ0n) is 20.4. The van der Waals surface area contributed by atoms with Gasteiger partial charge in [-0.1, -0.05) is 24.8 Å². The number of rotatable bonds is 5. The molecule has 6 rings (SSSR count). The van der Waals surface area contributed by atoms with Gasteiger partial charge in [0, 0.05) is 37.9 Å². The Morgan fingerprint density at radius 2 is 1.86 bits per heavy atom. The van der Waals surface area contributed by atoms with E-state index in [1.54, 1.807) is 16.4 Å². The highest BCUT2D eigenvalue weighted by Gasteiger charge is 2.30. The standard InChI is InChI=1S/C27H26N6O3S/c1-3-22(34)31-19-8-6-17(7-9-19)25-23-21-11-10-20(37(35,36)33-12-4-5-13-33)14-18(21)15-28-26-24(23)27(32(25)2)30-16-29-26/h3,6-11,14,16H,1,4-5,12-13,15H2,2H3,(H,31,34)(H,28,29,30). The number of carbonyl (C=O) groups excluding carboxylic acids is 1. The minimum absolute atomic E-state index is 0.274. The molecule has 0 radical (unpaired) electrons. The van der Waals surface area contributed by atoms with Crippen LogP contribution in [0.5, 0.6) is 0 Å². The summed E-state index contributed by atoms with van der Waals surface area (Å²) in [6, 6.07) is 13.0. The van der Waals surface area contributed by atoms with Gasteiger partial charge in [-0.3, -0.25) is 4.79 Å². The molecule has 1 fully saturated rings. The van der Waals surface area contributed by atoms with E-state index in [-0.39, 0.29) is 5.91 Å². The van der Waals surface area contributed by atoms with Crippen LogP contribution < -0.4 is 10.6 Å². The van der Waals surface area contributed by atoms with Crippen molar-refractivity contribution >= 4 is 38.5 Å². The van der Waals surface area contributed by atoms with E-state index in [9.17, 15) is 13.2 Å². The average molecular weight is 515 g/mol. The SMILES string of the molecule is C=CC(=O)Nc1ccc(-c2c3c4c(ncnc4n2C)NCc2cc(S(=O)(=O)N4CCCC4)ccc2-3)cc1. The zero-order valence-corrected chi connectivity index (χ0v) is 21.2. The van der Waals surface area contributed by atoms with E-state index >= 15 is 0 Å². The highest BCUT2D eigenvalue weighted by atomic mass is 32.2. The maximum atomic E-state index is 13.3. The Labute approximate surface area is 214 Å². The van der Waals surface area contributed by atoms with Crippen molar-refractivity contribution in [1.29, 1.82) is 0 Å². The van der Waals surface area contributed by atoms with Gasteiger partial charge in [0.05, 0.1) is 16.0 Å². The Hall–Kier alpha value is -4.02. The van der Waals surface area contributed by atoms with Crippen molar-refractivity contribution in [3.05, 3.63) is 67.0 Å². The molecule has 0 unspecified atom stereocenters. The summed E-state index contributed by atoms with van der Waals surface area (Å²) in [5, 5.41) is 7.05. The van der Waals surface area contributed by atoms with Crippen LogP contribution in [0.3, 0.4) is 0 Å². The monoisotopic (exact) mass is 514 g/mol. The van der Waals surface area contributed by atoms with Crippen LogP contribution in [0.15, 0.2) is 66.3 Å². The molecule has 2 N–H and O–H groups in total. The number of amides is 1. The van der Waals surface area contributed by atoms with Crippen LogP contribution in [0.4, 0.5) is 11.5 Å². The highest BCUT2D eigenvalue weighted by Crippen LogP contribution is 2.45. The smallest absolute Gasteiger partial charge is 0.247 e. The number of hydrogen-bond donors (Lipinski definition) is 2. The summed E-state index contributed by atoms with van der Waals surface area (Å²) < 4.78 is 30.2. The van der Waals surface area contributed by atoms with Gasteiger partial charge in [-0.2, -0.15) is 4.31 Å². The average Bonchev–Trinajstić information content (AvgIpc) is 3.52. The molecule has 2 aromatic carbocycles. The number of aryl methyl sites for hydroxylation is 1. The molecule has 10 heteroatoms. The number of fused-ring (bicyclic) bond motifs is 2. The van der Waals surface area contributed by atoms with Crippen LogP contribution >= 0.6 is 0 Å². The second-order valence-corrected chi connectivity index (χ2v) is 11.2. The second kappa shape index (κ2) is 8.82. The van der Waals surface area contributed by atoms with Crippen LogP contribution in [0.2, 0.25) is 0 Å². The molecule has 1 amide bonds. The van der Waals surface area contributed by atoms with E-state index in [0.29, 0.717) is 36.0 Å². The quantitative estimate of drug-likeness (QED) is 0.388. The van der Waals surface area contributed by atoms with Gasteiger partial charge < -0.3 is 15.2 Å². The van der Waals surface area contributed by atoms with E-state index in [1.807, 2.05) is 41.9 Å². The van der Waals surface area contributed by atoms with Crippen LogP contribution in [-0.4, -0.2) is 46.3 Å². The summed E-state index contributed by atoms with van der Waals surface area (Å²) >= 11 is 0. The van der Waals surface area contributed by atoms with E-state index in [1.165, 1.54) is 12.4 Å². The third kappa shape index (κ3) is 3.80. The van der Waals surface area contributed by atoms with Crippen LogP contribution in [-0.2, 0) is 28.4 Å². The minimum Gasteiger partial charge on any atom is -0.365 e. The molecule has 4 aromatic rings. The lowest BCUT2D eigenvalue weighted by Crippen LogP contribution is -2.28. The lowest BCUT2D eigenvalue weighted by Gasteiger charge is -2.18. The van der Waals surface area contributed by atoms with Crippen molar-refractivity contribution < 1.29 is 13.2 Å². The molecule has 0 aliphatic carbocycles. The van der Waals surface area contributed by atoms with Crippen molar-refractivity contribution in [2.45, 2.75) is 24.3 Å². The van der Waals surface area contributed by atoms with Gasteiger partial charge in [0.15, 0.2) is 0 Å². The summed E-state index contributed by atoms with van der Waals surface area (Å²) in [7, 11) is -1.59. The Morgan fingerprint density at radius 1 is 1.11 bits per heavy atom. The molecule has 0 spiro atoms. The summed E-state index contributed by atoms with van der Waals surface area (Å²) in [5.74, 6) is 0.431. The number of benzene rings is 2. The summed E-state index contributed by atoms with van der Waals surface area (Å²) in [6.07, 6.45) is 4.54. The van der Waals surface area contributed by atoms with Crippen molar-refractivity contribution in [2.75, 3.05) is 23.7 Å². The maximum Gasteiger partial charge on any atom is 0.247 e. The number of carbonyl (C=O) groups is 1. The Kier molecular flexibility index (Phi) is 5.58. The number of aromatic nitrogens is 3. The number of anilines is 2. The van der Waals surface area contributed by atoms with Gasteiger partial charge in [-0.05, 0) is 59.9 Å². The minimum atomic E-state index is -3.55. The van der Waals surface area contributed by atoms with E-state index in [0.717, 1.165) is 51.8 Å². The fraction of sp³-hybridized carbons (Fsp3) is 0.222. The first-order valence-corrected chi connectivity index (χ1v) is 13.6. The highest BCUT2D eigenvalue weighted by molar-refractivity contribution is 7.89. The molecule has 2 aliphatic rings. The molecule has 9 nitrogen and oxygen atoms in total. The Balaban J connectivity index is 1.52. The predicted molar refractivity (Wildman–Crippen MR) is 144 cm³/mol. The maximum absolute atomic E-state index is 13.3. The molecular weight excluding hydrogens is 488 g/mol. The molecule has 2 aliphatic heterocycles. The molecule has 1 saturated heterocycles. The molecule has 37 heavy (non-hydrogen) atoms.